The van der Waals surface area contributed by atoms with E-state index in [1.807, 2.05) is 0 Å². The smallest absolute Gasteiger partial charge is 0.452 e. The molecule has 0 bridgehead atoms. The number of ether oxygens (including phenoxy) is 1. The lowest BCUT2D eigenvalue weighted by atomic mass is 10.4. The Morgan fingerprint density at radius 3 is 2.69 bits per heavy atom. The third-order valence-electron chi connectivity index (χ3n) is 1.28. The summed E-state index contributed by atoms with van der Waals surface area (Å²) in [5.74, 6) is -1.57. The molecular formula is C7H6O6. The second-order valence-electron chi connectivity index (χ2n) is 2.16. The average Bonchev–Trinajstić information content (AvgIpc) is 2.41. The second kappa shape index (κ2) is 3.70. The SMILES string of the molecule is Cc1oc(=O)oc1COC(=O)C=O. The van der Waals surface area contributed by atoms with Gasteiger partial charge in [-0.15, -0.1) is 0 Å². The molecule has 1 aromatic rings. The van der Waals surface area contributed by atoms with Crippen LogP contribution >= 0.6 is 0 Å². The molecule has 0 aliphatic rings. The Balaban J connectivity index is 2.64. The van der Waals surface area contributed by atoms with Crippen molar-refractivity contribution >= 4 is 12.3 Å². The van der Waals surface area contributed by atoms with Gasteiger partial charge in [0, 0.05) is 0 Å². The predicted octanol–water partition coefficient (Wildman–Crippen LogP) is -0.217. The van der Waals surface area contributed by atoms with E-state index in [4.69, 9.17) is 0 Å². The van der Waals surface area contributed by atoms with E-state index in [1.165, 1.54) is 6.92 Å². The van der Waals surface area contributed by atoms with Crippen molar-refractivity contribution in [1.29, 1.82) is 0 Å². The Bertz CT molecular complexity index is 371. The summed E-state index contributed by atoms with van der Waals surface area (Å²) in [6.45, 7) is 1.20. The van der Waals surface area contributed by atoms with Crippen LogP contribution in [-0.2, 0) is 20.9 Å². The molecule has 1 heterocycles. The third kappa shape index (κ3) is 2.29. The van der Waals surface area contributed by atoms with Crippen LogP contribution in [0.15, 0.2) is 13.6 Å². The molecule has 0 spiro atoms. The van der Waals surface area contributed by atoms with Gasteiger partial charge in [-0.3, -0.25) is 4.79 Å². The molecule has 0 saturated carbocycles. The van der Waals surface area contributed by atoms with Crippen molar-refractivity contribution in [3.63, 3.8) is 0 Å². The van der Waals surface area contributed by atoms with E-state index in [2.05, 4.69) is 13.6 Å². The van der Waals surface area contributed by atoms with Crippen molar-refractivity contribution in [3.05, 3.63) is 22.1 Å². The van der Waals surface area contributed by atoms with E-state index in [0.29, 0.717) is 0 Å². The van der Waals surface area contributed by atoms with Gasteiger partial charge in [-0.25, -0.2) is 9.59 Å². The molecule has 1 rings (SSSR count). The molecule has 6 nitrogen and oxygen atoms in total. The first-order valence-corrected chi connectivity index (χ1v) is 3.35. The number of rotatable bonds is 3. The fourth-order valence-electron chi connectivity index (χ4n) is 0.677. The van der Waals surface area contributed by atoms with Gasteiger partial charge in [0.25, 0.3) is 0 Å². The molecule has 70 valence electrons. The Morgan fingerprint density at radius 2 is 2.23 bits per heavy atom. The first-order chi connectivity index (χ1) is 6.13. The minimum atomic E-state index is -1.02. The maximum Gasteiger partial charge on any atom is 0.519 e. The molecule has 0 N–H and O–H groups in total. The fourth-order valence-corrected chi connectivity index (χ4v) is 0.677. The van der Waals surface area contributed by atoms with Gasteiger partial charge in [-0.2, -0.15) is 0 Å². The van der Waals surface area contributed by atoms with Gasteiger partial charge in [-0.1, -0.05) is 0 Å². The highest BCUT2D eigenvalue weighted by Crippen LogP contribution is 2.05. The van der Waals surface area contributed by atoms with Crippen LogP contribution in [-0.4, -0.2) is 12.3 Å². The van der Waals surface area contributed by atoms with Crippen LogP contribution in [0.25, 0.3) is 0 Å². The van der Waals surface area contributed by atoms with Crippen LogP contribution in [0.2, 0.25) is 0 Å². The van der Waals surface area contributed by atoms with Crippen molar-refractivity contribution in [1.82, 2.24) is 0 Å². The van der Waals surface area contributed by atoms with Crippen molar-refractivity contribution in [2.24, 2.45) is 0 Å². The lowest BCUT2D eigenvalue weighted by molar-refractivity contribution is -0.150. The summed E-state index contributed by atoms with van der Waals surface area (Å²) >= 11 is 0. The van der Waals surface area contributed by atoms with E-state index >= 15 is 0 Å². The number of aldehydes is 1. The van der Waals surface area contributed by atoms with Gasteiger partial charge in [0.15, 0.2) is 18.1 Å². The number of esters is 1. The van der Waals surface area contributed by atoms with Crippen molar-refractivity contribution in [2.75, 3.05) is 0 Å². The second-order valence-corrected chi connectivity index (χ2v) is 2.16. The highest BCUT2D eigenvalue weighted by Gasteiger charge is 2.10. The van der Waals surface area contributed by atoms with Gasteiger partial charge < -0.3 is 13.6 Å². The Morgan fingerprint density at radius 1 is 1.54 bits per heavy atom. The van der Waals surface area contributed by atoms with Gasteiger partial charge in [-0.05, 0) is 6.92 Å². The maximum absolute atomic E-state index is 10.5. The molecule has 0 radical (unpaired) electrons. The van der Waals surface area contributed by atoms with Crippen LogP contribution in [0.4, 0.5) is 0 Å². The molecular weight excluding hydrogens is 180 g/mol. The van der Waals surface area contributed by atoms with Crippen LogP contribution in [0, 0.1) is 6.92 Å². The molecule has 0 aromatic carbocycles. The van der Waals surface area contributed by atoms with Crippen molar-refractivity contribution in [3.8, 4) is 0 Å². The Hall–Kier alpha value is -1.85. The molecule has 13 heavy (non-hydrogen) atoms. The van der Waals surface area contributed by atoms with Gasteiger partial charge in [0.2, 0.25) is 6.29 Å². The number of carbonyl (C=O) groups excluding carboxylic acids is 2. The number of carbonyl (C=O) groups is 2. The Labute approximate surface area is 72.1 Å². The minimum Gasteiger partial charge on any atom is -0.452 e. The van der Waals surface area contributed by atoms with Gasteiger partial charge >= 0.3 is 11.8 Å². The summed E-state index contributed by atoms with van der Waals surface area (Å²) in [5.41, 5.74) is 0. The summed E-state index contributed by atoms with van der Waals surface area (Å²) < 4.78 is 13.3. The zero-order valence-corrected chi connectivity index (χ0v) is 6.73. The summed E-state index contributed by atoms with van der Waals surface area (Å²) in [6.07, 6.45) is 0.0214. The van der Waals surface area contributed by atoms with E-state index in [-0.39, 0.29) is 24.4 Å². The quantitative estimate of drug-likeness (QED) is 0.368. The zero-order chi connectivity index (χ0) is 9.84. The Kier molecular flexibility index (Phi) is 2.63. The monoisotopic (exact) mass is 186 g/mol. The standard InChI is InChI=1S/C7H6O6/c1-4-5(13-7(10)12-4)3-11-6(9)2-8/h2H,3H2,1H3. The molecule has 0 saturated heterocycles. The van der Waals surface area contributed by atoms with Crippen LogP contribution < -0.4 is 5.82 Å². The molecule has 6 heteroatoms. The molecule has 1 aromatic heterocycles. The zero-order valence-electron chi connectivity index (χ0n) is 6.73. The van der Waals surface area contributed by atoms with Crippen LogP contribution in [0.1, 0.15) is 11.5 Å². The predicted molar refractivity (Wildman–Crippen MR) is 37.8 cm³/mol. The molecule has 0 fully saturated rings. The van der Waals surface area contributed by atoms with Crippen molar-refractivity contribution in [2.45, 2.75) is 13.5 Å². The normalized spacial score (nSPS) is 9.62. The maximum atomic E-state index is 10.5. The van der Waals surface area contributed by atoms with E-state index in [9.17, 15) is 14.4 Å². The first-order valence-electron chi connectivity index (χ1n) is 3.35. The highest BCUT2D eigenvalue weighted by molar-refractivity contribution is 6.20. The molecule has 0 amide bonds. The van der Waals surface area contributed by atoms with E-state index in [0.717, 1.165) is 0 Å². The third-order valence-corrected chi connectivity index (χ3v) is 1.28. The number of hydrogen-bond acceptors (Lipinski definition) is 6. The lowest BCUT2D eigenvalue weighted by Crippen LogP contribution is -2.05. The molecule has 0 aliphatic heterocycles. The minimum absolute atomic E-state index is 0.0214. The highest BCUT2D eigenvalue weighted by atomic mass is 16.6. The summed E-state index contributed by atoms with van der Waals surface area (Å²) in [7, 11) is 0. The number of aryl methyl sites for hydroxylation is 1. The van der Waals surface area contributed by atoms with Crippen molar-refractivity contribution < 1.29 is 23.2 Å². The van der Waals surface area contributed by atoms with Crippen LogP contribution in [0.5, 0.6) is 0 Å². The van der Waals surface area contributed by atoms with Crippen LogP contribution in [0.3, 0.4) is 0 Å². The van der Waals surface area contributed by atoms with E-state index in [1.54, 1.807) is 0 Å². The number of hydrogen-bond donors (Lipinski definition) is 0. The summed E-state index contributed by atoms with van der Waals surface area (Å²) in [5, 5.41) is 0. The molecule has 0 unspecified atom stereocenters. The van der Waals surface area contributed by atoms with E-state index < -0.39 is 11.8 Å². The largest absolute Gasteiger partial charge is 0.519 e. The fraction of sp³-hybridized carbons (Fsp3) is 0.286. The molecule has 0 atom stereocenters. The first kappa shape index (κ1) is 9.24. The lowest BCUT2D eigenvalue weighted by Gasteiger charge is -1.95. The topological polar surface area (TPSA) is 86.7 Å². The van der Waals surface area contributed by atoms with Gasteiger partial charge in [0.05, 0.1) is 0 Å². The van der Waals surface area contributed by atoms with Gasteiger partial charge in [0.1, 0.15) is 0 Å². The average molecular weight is 186 g/mol. The summed E-state index contributed by atoms with van der Waals surface area (Å²) in [4.78, 5) is 30.7. The molecule has 0 aliphatic carbocycles. The summed E-state index contributed by atoms with van der Waals surface area (Å²) in [6, 6.07) is 0.